The number of carbonyl (C=O) groups excluding carboxylic acids is 1. The van der Waals surface area contributed by atoms with Gasteiger partial charge in [-0.3, -0.25) is 4.79 Å². The average Bonchev–Trinajstić information content (AvgIpc) is 2.94. The lowest BCUT2D eigenvalue weighted by molar-refractivity contribution is 0.0955. The van der Waals surface area contributed by atoms with Crippen molar-refractivity contribution in [3.8, 4) is 0 Å². The van der Waals surface area contributed by atoms with Gasteiger partial charge in [0.25, 0.3) is 5.91 Å². The Hall–Kier alpha value is -2.15. The molecule has 2 aromatic carbocycles. The van der Waals surface area contributed by atoms with Crippen molar-refractivity contribution in [2.45, 2.75) is 19.9 Å². The zero-order valence-corrected chi connectivity index (χ0v) is 15.5. The normalized spacial score (nSPS) is 11.2. The molecule has 0 aliphatic rings. The molecule has 0 radical (unpaired) electrons. The molecule has 4 nitrogen and oxygen atoms in total. The summed E-state index contributed by atoms with van der Waals surface area (Å²) in [5, 5.41) is 5.26. The summed E-state index contributed by atoms with van der Waals surface area (Å²) in [6, 6.07) is 15.6. The number of rotatable bonds is 5. The predicted octanol–water partition coefficient (Wildman–Crippen LogP) is 4.42. The number of nitrogens with one attached hydrogen (secondary N) is 1. The van der Waals surface area contributed by atoms with Crippen LogP contribution in [0.1, 0.15) is 29.3 Å². The number of para-hydroxylation sites is 1. The second-order valence-corrected chi connectivity index (χ2v) is 6.75. The van der Waals surface area contributed by atoms with Crippen LogP contribution in [0.25, 0.3) is 10.9 Å². The Kier molecular flexibility index (Phi) is 5.30. The summed E-state index contributed by atoms with van der Waals surface area (Å²) in [4.78, 5) is 12.1. The standard InChI is InChI=1S/C19H18IN3O/c1-2-11-23-13-15(17-5-3-4-6-18(17)23)12-21-22-19(24)14-7-9-16(20)10-8-14/h3-10,12-13H,2,11H2,1H3,(H,22,24)/b21-12-. The van der Waals surface area contributed by atoms with Gasteiger partial charge in [0.15, 0.2) is 0 Å². The predicted molar refractivity (Wildman–Crippen MR) is 106 cm³/mol. The number of hydrazone groups is 1. The summed E-state index contributed by atoms with van der Waals surface area (Å²) in [6.07, 6.45) is 4.85. The molecule has 3 aromatic rings. The second-order valence-electron chi connectivity index (χ2n) is 5.50. The van der Waals surface area contributed by atoms with Crippen LogP contribution in [0, 0.1) is 3.57 Å². The minimum atomic E-state index is -0.208. The zero-order chi connectivity index (χ0) is 16.9. The monoisotopic (exact) mass is 431 g/mol. The molecule has 0 aliphatic carbocycles. The Morgan fingerprint density at radius 3 is 2.71 bits per heavy atom. The highest BCUT2D eigenvalue weighted by atomic mass is 127. The highest BCUT2D eigenvalue weighted by Gasteiger charge is 2.06. The van der Waals surface area contributed by atoms with Crippen molar-refractivity contribution in [3.63, 3.8) is 0 Å². The number of hydrogen-bond acceptors (Lipinski definition) is 2. The summed E-state index contributed by atoms with van der Waals surface area (Å²) >= 11 is 2.21. The van der Waals surface area contributed by atoms with E-state index in [-0.39, 0.29) is 5.91 Å². The maximum absolute atomic E-state index is 12.1. The van der Waals surface area contributed by atoms with E-state index in [1.54, 1.807) is 18.3 Å². The van der Waals surface area contributed by atoms with Gasteiger partial charge in [0.05, 0.1) is 6.21 Å². The summed E-state index contributed by atoms with van der Waals surface area (Å²) in [5.74, 6) is -0.208. The Morgan fingerprint density at radius 1 is 1.21 bits per heavy atom. The van der Waals surface area contributed by atoms with Gasteiger partial charge >= 0.3 is 0 Å². The van der Waals surface area contributed by atoms with E-state index in [1.807, 2.05) is 24.3 Å². The van der Waals surface area contributed by atoms with E-state index in [4.69, 9.17) is 0 Å². The van der Waals surface area contributed by atoms with Crippen molar-refractivity contribution in [2.75, 3.05) is 0 Å². The number of benzene rings is 2. The van der Waals surface area contributed by atoms with Gasteiger partial charge in [-0.25, -0.2) is 5.43 Å². The minimum Gasteiger partial charge on any atom is -0.347 e. The maximum Gasteiger partial charge on any atom is 0.271 e. The highest BCUT2D eigenvalue weighted by Crippen LogP contribution is 2.20. The SMILES string of the molecule is CCCn1cc(/C=N\NC(=O)c2ccc(I)cc2)c2ccccc21. The number of hydrogen-bond donors (Lipinski definition) is 1. The Morgan fingerprint density at radius 2 is 1.96 bits per heavy atom. The first kappa shape index (κ1) is 16.7. The van der Waals surface area contributed by atoms with Crippen molar-refractivity contribution in [1.29, 1.82) is 0 Å². The van der Waals surface area contributed by atoms with Crippen LogP contribution in [0.2, 0.25) is 0 Å². The first-order valence-electron chi connectivity index (χ1n) is 7.86. The lowest BCUT2D eigenvalue weighted by atomic mass is 10.2. The first-order valence-corrected chi connectivity index (χ1v) is 8.93. The molecular weight excluding hydrogens is 413 g/mol. The fraction of sp³-hybridized carbons (Fsp3) is 0.158. The van der Waals surface area contributed by atoms with Gasteiger partial charge in [-0.15, -0.1) is 0 Å². The minimum absolute atomic E-state index is 0.208. The maximum atomic E-state index is 12.1. The number of amides is 1. The van der Waals surface area contributed by atoms with Crippen LogP contribution in [0.3, 0.4) is 0 Å². The summed E-state index contributed by atoms with van der Waals surface area (Å²) in [5.41, 5.74) is 5.38. The van der Waals surface area contributed by atoms with Gasteiger partial charge in [0.1, 0.15) is 0 Å². The molecule has 1 aromatic heterocycles. The fourth-order valence-corrected chi connectivity index (χ4v) is 2.99. The summed E-state index contributed by atoms with van der Waals surface area (Å²) < 4.78 is 3.31. The van der Waals surface area contributed by atoms with Crippen LogP contribution >= 0.6 is 22.6 Å². The van der Waals surface area contributed by atoms with Gasteiger partial charge < -0.3 is 4.57 Å². The average molecular weight is 431 g/mol. The molecule has 1 amide bonds. The van der Waals surface area contributed by atoms with E-state index >= 15 is 0 Å². The molecule has 1 heterocycles. The Balaban J connectivity index is 1.78. The number of aromatic nitrogens is 1. The third-order valence-electron chi connectivity index (χ3n) is 3.76. The van der Waals surface area contributed by atoms with Gasteiger partial charge in [-0.05, 0) is 59.3 Å². The van der Waals surface area contributed by atoms with E-state index in [0.29, 0.717) is 5.56 Å². The number of nitrogens with zero attached hydrogens (tertiary/aromatic N) is 2. The lowest BCUT2D eigenvalue weighted by Gasteiger charge is -2.00. The van der Waals surface area contributed by atoms with Crippen LogP contribution in [0.5, 0.6) is 0 Å². The van der Waals surface area contributed by atoms with E-state index in [2.05, 4.69) is 62.9 Å². The van der Waals surface area contributed by atoms with Crippen LogP contribution in [-0.4, -0.2) is 16.7 Å². The first-order chi connectivity index (χ1) is 11.7. The molecule has 0 saturated carbocycles. The van der Waals surface area contributed by atoms with Crippen molar-refractivity contribution < 1.29 is 4.79 Å². The summed E-state index contributed by atoms with van der Waals surface area (Å²) in [6.45, 7) is 3.12. The molecule has 122 valence electrons. The molecule has 0 aliphatic heterocycles. The molecular formula is C19H18IN3O. The zero-order valence-electron chi connectivity index (χ0n) is 13.4. The molecule has 3 rings (SSSR count). The van der Waals surface area contributed by atoms with E-state index < -0.39 is 0 Å². The molecule has 0 unspecified atom stereocenters. The smallest absolute Gasteiger partial charge is 0.271 e. The third kappa shape index (κ3) is 3.67. The topological polar surface area (TPSA) is 46.4 Å². The molecule has 1 N–H and O–H groups in total. The van der Waals surface area contributed by atoms with Crippen LogP contribution in [0.15, 0.2) is 59.8 Å². The van der Waals surface area contributed by atoms with Crippen LogP contribution < -0.4 is 5.43 Å². The third-order valence-corrected chi connectivity index (χ3v) is 4.48. The van der Waals surface area contributed by atoms with Gasteiger partial charge in [0.2, 0.25) is 0 Å². The van der Waals surface area contributed by atoms with E-state index in [1.165, 1.54) is 5.52 Å². The molecule has 0 bridgehead atoms. The number of carbonyl (C=O) groups is 1. The Labute approximate surface area is 154 Å². The van der Waals surface area contributed by atoms with E-state index in [0.717, 1.165) is 27.5 Å². The number of fused-ring (bicyclic) bond motifs is 1. The molecule has 24 heavy (non-hydrogen) atoms. The van der Waals surface area contributed by atoms with Crippen molar-refractivity contribution in [1.82, 2.24) is 9.99 Å². The number of halogens is 1. The molecule has 5 heteroatoms. The highest BCUT2D eigenvalue weighted by molar-refractivity contribution is 14.1. The quantitative estimate of drug-likeness (QED) is 0.363. The van der Waals surface area contributed by atoms with Crippen molar-refractivity contribution in [3.05, 3.63) is 69.4 Å². The van der Waals surface area contributed by atoms with Crippen molar-refractivity contribution >= 4 is 45.6 Å². The molecule has 0 spiro atoms. The molecule has 0 fully saturated rings. The van der Waals surface area contributed by atoms with Gasteiger partial charge in [0, 0.05) is 38.3 Å². The fourth-order valence-electron chi connectivity index (χ4n) is 2.63. The van der Waals surface area contributed by atoms with Crippen LogP contribution in [-0.2, 0) is 6.54 Å². The Bertz CT molecular complexity index is 881. The second kappa shape index (κ2) is 7.61. The van der Waals surface area contributed by atoms with Gasteiger partial charge in [-0.1, -0.05) is 25.1 Å². The van der Waals surface area contributed by atoms with E-state index in [9.17, 15) is 4.79 Å². The van der Waals surface area contributed by atoms with Gasteiger partial charge in [-0.2, -0.15) is 5.10 Å². The van der Waals surface area contributed by atoms with Crippen LogP contribution in [0.4, 0.5) is 0 Å². The molecule has 0 atom stereocenters. The lowest BCUT2D eigenvalue weighted by Crippen LogP contribution is -2.17. The van der Waals surface area contributed by atoms with Crippen molar-refractivity contribution in [2.24, 2.45) is 5.10 Å². The largest absolute Gasteiger partial charge is 0.347 e. The molecule has 0 saturated heterocycles. The number of aryl methyl sites for hydroxylation is 1. The summed E-state index contributed by atoms with van der Waals surface area (Å²) in [7, 11) is 0.